The molecular formula is C23H34O5. The molecule has 0 fully saturated rings. The lowest BCUT2D eigenvalue weighted by Crippen LogP contribution is -2.40. The Bertz CT molecular complexity index is 620. The van der Waals surface area contributed by atoms with Gasteiger partial charge in [-0.2, -0.15) is 0 Å². The van der Waals surface area contributed by atoms with Gasteiger partial charge < -0.3 is 10.2 Å². The molecule has 1 aromatic carbocycles. The number of Topliss-reactive ketones (excluding diaryl/α,β-unsaturated/α-hetero) is 2. The smallest absolute Gasteiger partial charge is 0.317 e. The summed E-state index contributed by atoms with van der Waals surface area (Å²) >= 11 is 0. The van der Waals surface area contributed by atoms with Crippen LogP contribution in [0.5, 0.6) is 0 Å². The molecule has 0 aliphatic heterocycles. The first-order chi connectivity index (χ1) is 13.4. The van der Waals surface area contributed by atoms with Gasteiger partial charge in [0.2, 0.25) is 0 Å². The number of carboxylic acids is 1. The van der Waals surface area contributed by atoms with Gasteiger partial charge in [-0.3, -0.25) is 14.4 Å². The number of carboxylic acid groups (broad SMARTS) is 1. The van der Waals surface area contributed by atoms with E-state index in [-0.39, 0.29) is 12.0 Å². The molecule has 0 aliphatic rings. The van der Waals surface area contributed by atoms with Gasteiger partial charge >= 0.3 is 5.97 Å². The van der Waals surface area contributed by atoms with E-state index in [0.717, 1.165) is 18.4 Å². The van der Waals surface area contributed by atoms with Crippen LogP contribution in [0.3, 0.4) is 0 Å². The average Bonchev–Trinajstić information content (AvgIpc) is 2.67. The van der Waals surface area contributed by atoms with E-state index < -0.39 is 29.6 Å². The molecule has 0 aliphatic carbocycles. The van der Waals surface area contributed by atoms with Crippen molar-refractivity contribution < 1.29 is 24.6 Å². The van der Waals surface area contributed by atoms with Crippen molar-refractivity contribution in [3.63, 3.8) is 0 Å². The Kier molecular flexibility index (Phi) is 11.3. The van der Waals surface area contributed by atoms with Crippen molar-refractivity contribution in [1.82, 2.24) is 0 Å². The van der Waals surface area contributed by atoms with Gasteiger partial charge in [0.05, 0.1) is 0 Å². The molecule has 156 valence electrons. The largest absolute Gasteiger partial charge is 0.481 e. The number of aliphatic carboxylic acids is 1. The van der Waals surface area contributed by atoms with Gasteiger partial charge in [-0.05, 0) is 24.8 Å². The number of benzene rings is 1. The van der Waals surface area contributed by atoms with Crippen LogP contribution in [0.1, 0.15) is 87.6 Å². The van der Waals surface area contributed by atoms with Crippen LogP contribution in [0.25, 0.3) is 0 Å². The highest BCUT2D eigenvalue weighted by Crippen LogP contribution is 2.17. The predicted molar refractivity (Wildman–Crippen MR) is 110 cm³/mol. The third-order valence-electron chi connectivity index (χ3n) is 5.00. The Balaban J connectivity index is 2.57. The topological polar surface area (TPSA) is 91.7 Å². The molecule has 5 nitrogen and oxygen atoms in total. The molecule has 2 N–H and O–H groups in total. The minimum absolute atomic E-state index is 0.0265. The van der Waals surface area contributed by atoms with Crippen LogP contribution >= 0.6 is 0 Å². The molecule has 5 heteroatoms. The molecule has 2 unspecified atom stereocenters. The first-order valence-corrected chi connectivity index (χ1v) is 10.5. The van der Waals surface area contributed by atoms with Crippen LogP contribution in [-0.2, 0) is 16.0 Å². The number of carbonyl (C=O) groups is 3. The fraction of sp³-hybridized carbons (Fsp3) is 0.609. The van der Waals surface area contributed by atoms with Gasteiger partial charge in [-0.15, -0.1) is 0 Å². The second-order valence-electron chi connectivity index (χ2n) is 7.41. The van der Waals surface area contributed by atoms with Crippen LogP contribution in [0.15, 0.2) is 24.3 Å². The van der Waals surface area contributed by atoms with Crippen molar-refractivity contribution in [2.45, 2.75) is 84.2 Å². The molecule has 1 rings (SSSR count). The highest BCUT2D eigenvalue weighted by molar-refractivity contribution is 6.08. The molecule has 2 atom stereocenters. The van der Waals surface area contributed by atoms with E-state index >= 15 is 0 Å². The average molecular weight is 391 g/mol. The number of aliphatic hydroxyl groups is 1. The zero-order valence-electron chi connectivity index (χ0n) is 17.2. The molecule has 1 aromatic rings. The van der Waals surface area contributed by atoms with Crippen molar-refractivity contribution in [2.75, 3.05) is 0 Å². The minimum Gasteiger partial charge on any atom is -0.481 e. The van der Waals surface area contributed by atoms with Gasteiger partial charge in [0.15, 0.2) is 5.78 Å². The second kappa shape index (κ2) is 13.2. The Morgan fingerprint density at radius 1 is 0.857 bits per heavy atom. The fourth-order valence-corrected chi connectivity index (χ4v) is 3.29. The zero-order valence-corrected chi connectivity index (χ0v) is 17.2. The summed E-state index contributed by atoms with van der Waals surface area (Å²) in [5.74, 6) is -4.51. The summed E-state index contributed by atoms with van der Waals surface area (Å²) < 4.78 is 0. The monoisotopic (exact) mass is 390 g/mol. The van der Waals surface area contributed by atoms with Crippen molar-refractivity contribution in [3.8, 4) is 0 Å². The number of aliphatic hydroxyl groups excluding tert-OH is 1. The van der Waals surface area contributed by atoms with Gasteiger partial charge in [-0.25, -0.2) is 0 Å². The number of hydrogen-bond donors (Lipinski definition) is 2. The number of unbranched alkanes of at least 4 members (excludes halogenated alkanes) is 6. The quantitative estimate of drug-likeness (QED) is 0.259. The van der Waals surface area contributed by atoms with E-state index in [1.807, 2.05) is 12.1 Å². The first-order valence-electron chi connectivity index (χ1n) is 10.5. The van der Waals surface area contributed by atoms with Crippen molar-refractivity contribution in [2.24, 2.45) is 5.92 Å². The third-order valence-corrected chi connectivity index (χ3v) is 5.00. The lowest BCUT2D eigenvalue weighted by Gasteiger charge is -2.17. The Morgan fingerprint density at radius 3 is 1.96 bits per heavy atom. The third kappa shape index (κ3) is 7.93. The van der Waals surface area contributed by atoms with E-state index in [4.69, 9.17) is 0 Å². The molecule has 0 heterocycles. The number of rotatable bonds is 15. The summed E-state index contributed by atoms with van der Waals surface area (Å²) in [6.45, 7) is 3.95. The standard InChI is InChI=1S/C23H34O5/c1-3-5-6-7-8-9-10-12-17-13-15-18(16-14-17)21(25)22(26)20(23(27)28)19(24)11-4-2/h13-16,20,22,26H,3-12H2,1-2H3,(H,27,28). The maximum Gasteiger partial charge on any atom is 0.317 e. The predicted octanol–water partition coefficient (Wildman–Crippen LogP) is 4.59. The Hall–Kier alpha value is -2.01. The van der Waals surface area contributed by atoms with Gasteiger partial charge in [-0.1, -0.05) is 76.6 Å². The molecule has 0 bridgehead atoms. The SMILES string of the molecule is CCCCCCCCCc1ccc(C(=O)C(O)C(C(=O)O)C(=O)CCC)cc1. The van der Waals surface area contributed by atoms with E-state index in [2.05, 4.69) is 6.92 Å². The maximum absolute atomic E-state index is 12.4. The molecule has 0 saturated heterocycles. The summed E-state index contributed by atoms with van der Waals surface area (Å²) in [6, 6.07) is 6.87. The lowest BCUT2D eigenvalue weighted by atomic mass is 9.89. The van der Waals surface area contributed by atoms with Crippen molar-refractivity contribution >= 4 is 17.5 Å². The van der Waals surface area contributed by atoms with Gasteiger partial charge in [0.25, 0.3) is 0 Å². The van der Waals surface area contributed by atoms with Crippen LogP contribution in [0.4, 0.5) is 0 Å². The van der Waals surface area contributed by atoms with E-state index in [0.29, 0.717) is 6.42 Å². The maximum atomic E-state index is 12.4. The van der Waals surface area contributed by atoms with E-state index in [9.17, 15) is 24.6 Å². The number of ketones is 2. The molecular weight excluding hydrogens is 356 g/mol. The molecule has 0 radical (unpaired) electrons. The molecule has 0 spiro atoms. The van der Waals surface area contributed by atoms with Crippen molar-refractivity contribution in [1.29, 1.82) is 0 Å². The summed E-state index contributed by atoms with van der Waals surface area (Å²) in [5, 5.41) is 19.4. The first kappa shape index (κ1) is 24.0. The zero-order chi connectivity index (χ0) is 20.9. The Labute approximate surface area is 168 Å². The Morgan fingerprint density at radius 2 is 1.43 bits per heavy atom. The van der Waals surface area contributed by atoms with Gasteiger partial charge in [0, 0.05) is 12.0 Å². The molecule has 0 aromatic heterocycles. The van der Waals surface area contributed by atoms with Crippen LogP contribution < -0.4 is 0 Å². The highest BCUT2D eigenvalue weighted by atomic mass is 16.4. The number of aryl methyl sites for hydroxylation is 1. The minimum atomic E-state index is -1.86. The van der Waals surface area contributed by atoms with Crippen LogP contribution in [-0.4, -0.2) is 33.9 Å². The summed E-state index contributed by atoms with van der Waals surface area (Å²) in [7, 11) is 0. The van der Waals surface area contributed by atoms with E-state index in [1.54, 1.807) is 19.1 Å². The molecule has 28 heavy (non-hydrogen) atoms. The van der Waals surface area contributed by atoms with Crippen molar-refractivity contribution in [3.05, 3.63) is 35.4 Å². The van der Waals surface area contributed by atoms with E-state index in [1.165, 1.54) is 38.5 Å². The summed E-state index contributed by atoms with van der Waals surface area (Å²) in [5.41, 5.74) is 1.34. The lowest BCUT2D eigenvalue weighted by molar-refractivity contribution is -0.149. The van der Waals surface area contributed by atoms with Gasteiger partial charge in [0.1, 0.15) is 17.8 Å². The second-order valence-corrected chi connectivity index (χ2v) is 7.41. The van der Waals surface area contributed by atoms with Crippen LogP contribution in [0.2, 0.25) is 0 Å². The molecule has 0 amide bonds. The summed E-state index contributed by atoms with van der Waals surface area (Å²) in [6.07, 6.45) is 8.21. The fourth-order valence-electron chi connectivity index (χ4n) is 3.29. The summed E-state index contributed by atoms with van der Waals surface area (Å²) in [4.78, 5) is 35.7. The highest BCUT2D eigenvalue weighted by Gasteiger charge is 2.37. The van der Waals surface area contributed by atoms with Crippen LogP contribution in [0, 0.1) is 5.92 Å². The molecule has 0 saturated carbocycles. The number of hydrogen-bond acceptors (Lipinski definition) is 4. The number of carbonyl (C=O) groups excluding carboxylic acids is 2. The normalized spacial score (nSPS) is 13.1.